The van der Waals surface area contributed by atoms with Gasteiger partial charge in [-0.3, -0.25) is 9.59 Å². The molecule has 2 amide bonds. The van der Waals surface area contributed by atoms with E-state index in [-0.39, 0.29) is 30.2 Å². The zero-order valence-electron chi connectivity index (χ0n) is 17.2. The Bertz CT molecular complexity index is 930. The molecule has 2 unspecified atom stereocenters. The van der Waals surface area contributed by atoms with Crippen molar-refractivity contribution in [2.45, 2.75) is 39.2 Å². The Morgan fingerprint density at radius 3 is 2.67 bits per heavy atom. The summed E-state index contributed by atoms with van der Waals surface area (Å²) in [6.45, 7) is 5.16. The maximum atomic E-state index is 13.2. The second-order valence-corrected chi connectivity index (χ2v) is 7.94. The Labute approximate surface area is 174 Å². The highest BCUT2D eigenvalue weighted by atomic mass is 19.1. The zero-order chi connectivity index (χ0) is 21.3. The largest absolute Gasteiger partial charge is 0.472 e. The van der Waals surface area contributed by atoms with E-state index >= 15 is 0 Å². The highest BCUT2D eigenvalue weighted by molar-refractivity contribution is 6.00. The molecule has 8 heteroatoms. The van der Waals surface area contributed by atoms with Crippen molar-refractivity contribution in [1.29, 1.82) is 0 Å². The van der Waals surface area contributed by atoms with Crippen molar-refractivity contribution in [2.24, 2.45) is 5.92 Å². The van der Waals surface area contributed by atoms with Gasteiger partial charge >= 0.3 is 0 Å². The molecule has 158 valence electrons. The van der Waals surface area contributed by atoms with Crippen LogP contribution in [0.1, 0.15) is 30.8 Å². The van der Waals surface area contributed by atoms with Crippen molar-refractivity contribution < 1.29 is 18.7 Å². The van der Waals surface area contributed by atoms with E-state index in [9.17, 15) is 14.0 Å². The standard InChI is InChI=1S/C22H25FN4O3/c1-14-10-20(25-15(2)24-14)30-19-4-3-9-26(13-19)22(29)16-11-21(28)27(12-16)18-7-5-17(23)6-8-18/h5-8,10,16,19H,3-4,9,11-13H2,1-2H3. The van der Waals surface area contributed by atoms with Crippen LogP contribution in [0.5, 0.6) is 5.88 Å². The van der Waals surface area contributed by atoms with Crippen LogP contribution in [0.25, 0.3) is 0 Å². The van der Waals surface area contributed by atoms with E-state index in [0.29, 0.717) is 37.0 Å². The average Bonchev–Trinajstić information content (AvgIpc) is 3.09. The SMILES string of the molecule is Cc1cc(OC2CCCN(C(=O)C3CC(=O)N(c4ccc(F)cc4)C3)C2)nc(C)n1. The number of piperidine rings is 1. The summed E-state index contributed by atoms with van der Waals surface area (Å²) in [6, 6.07) is 7.57. The number of rotatable bonds is 4. The van der Waals surface area contributed by atoms with Gasteiger partial charge in [0.05, 0.1) is 12.5 Å². The molecule has 2 aliphatic heterocycles. The molecule has 0 aliphatic carbocycles. The maximum absolute atomic E-state index is 13.2. The van der Waals surface area contributed by atoms with E-state index in [1.807, 2.05) is 13.8 Å². The fourth-order valence-electron chi connectivity index (χ4n) is 4.15. The van der Waals surface area contributed by atoms with Crippen LogP contribution >= 0.6 is 0 Å². The van der Waals surface area contributed by atoms with E-state index in [4.69, 9.17) is 4.74 Å². The van der Waals surface area contributed by atoms with Crippen LogP contribution in [0.2, 0.25) is 0 Å². The van der Waals surface area contributed by atoms with Gasteiger partial charge in [-0.1, -0.05) is 0 Å². The number of likely N-dealkylation sites (tertiary alicyclic amines) is 1. The molecule has 0 bridgehead atoms. The van der Waals surface area contributed by atoms with Crippen molar-refractivity contribution in [3.8, 4) is 5.88 Å². The number of anilines is 1. The molecule has 30 heavy (non-hydrogen) atoms. The molecule has 3 heterocycles. The fraction of sp³-hybridized carbons (Fsp3) is 0.455. The van der Waals surface area contributed by atoms with Crippen LogP contribution in [0, 0.1) is 25.6 Å². The Hall–Kier alpha value is -3.03. The van der Waals surface area contributed by atoms with Crippen LogP contribution in [-0.2, 0) is 9.59 Å². The average molecular weight is 412 g/mol. The van der Waals surface area contributed by atoms with E-state index in [1.165, 1.54) is 12.1 Å². The molecule has 2 aliphatic rings. The number of halogens is 1. The van der Waals surface area contributed by atoms with Gasteiger partial charge < -0.3 is 14.5 Å². The predicted molar refractivity (Wildman–Crippen MR) is 109 cm³/mol. The third-order valence-corrected chi connectivity index (χ3v) is 5.53. The first-order chi connectivity index (χ1) is 14.4. The maximum Gasteiger partial charge on any atom is 0.228 e. The van der Waals surface area contributed by atoms with Crippen LogP contribution in [0.3, 0.4) is 0 Å². The molecule has 2 fully saturated rings. The van der Waals surface area contributed by atoms with Crippen LogP contribution < -0.4 is 9.64 Å². The summed E-state index contributed by atoms with van der Waals surface area (Å²) in [5, 5.41) is 0. The Balaban J connectivity index is 1.39. The second-order valence-electron chi connectivity index (χ2n) is 7.94. The Morgan fingerprint density at radius 2 is 1.93 bits per heavy atom. The summed E-state index contributed by atoms with van der Waals surface area (Å²) in [6.07, 6.45) is 1.71. The van der Waals surface area contributed by atoms with Crippen LogP contribution in [0.4, 0.5) is 10.1 Å². The van der Waals surface area contributed by atoms with Crippen molar-refractivity contribution in [2.75, 3.05) is 24.5 Å². The normalized spacial score (nSPS) is 21.8. The molecule has 1 aromatic carbocycles. The quantitative estimate of drug-likeness (QED) is 0.772. The molecule has 7 nitrogen and oxygen atoms in total. The lowest BCUT2D eigenvalue weighted by molar-refractivity contribution is -0.138. The van der Waals surface area contributed by atoms with Gasteiger partial charge in [0.1, 0.15) is 17.7 Å². The first kappa shape index (κ1) is 20.3. The summed E-state index contributed by atoms with van der Waals surface area (Å²) in [5.41, 5.74) is 1.46. The molecule has 2 aromatic rings. The number of amides is 2. The lowest BCUT2D eigenvalue weighted by Gasteiger charge is -2.34. The molecule has 2 atom stereocenters. The molecule has 2 saturated heterocycles. The van der Waals surface area contributed by atoms with Crippen LogP contribution in [0.15, 0.2) is 30.3 Å². The van der Waals surface area contributed by atoms with Gasteiger partial charge in [0, 0.05) is 37.0 Å². The number of hydrogen-bond donors (Lipinski definition) is 0. The van der Waals surface area contributed by atoms with Gasteiger partial charge in [0.2, 0.25) is 17.7 Å². The summed E-state index contributed by atoms with van der Waals surface area (Å²) in [4.78, 5) is 37.5. The van der Waals surface area contributed by atoms with Gasteiger partial charge in [-0.05, 0) is 51.0 Å². The van der Waals surface area contributed by atoms with E-state index in [2.05, 4.69) is 9.97 Å². The van der Waals surface area contributed by atoms with Crippen molar-refractivity contribution in [3.63, 3.8) is 0 Å². The number of nitrogens with zero attached hydrogens (tertiary/aromatic N) is 4. The van der Waals surface area contributed by atoms with Gasteiger partial charge in [0.25, 0.3) is 0 Å². The molecule has 0 radical (unpaired) electrons. The number of aryl methyl sites for hydroxylation is 2. The monoisotopic (exact) mass is 412 g/mol. The minimum absolute atomic E-state index is 0.0312. The van der Waals surface area contributed by atoms with Crippen LogP contribution in [-0.4, -0.2) is 52.4 Å². The summed E-state index contributed by atoms with van der Waals surface area (Å²) in [7, 11) is 0. The van der Waals surface area contributed by atoms with E-state index in [0.717, 1.165) is 18.5 Å². The third kappa shape index (κ3) is 4.42. The number of carbonyl (C=O) groups is 2. The Kier molecular flexibility index (Phi) is 5.65. The predicted octanol–water partition coefficient (Wildman–Crippen LogP) is 2.66. The van der Waals surface area contributed by atoms with Crippen molar-refractivity contribution in [3.05, 3.63) is 47.7 Å². The molecule has 1 aromatic heterocycles. The number of hydrogen-bond acceptors (Lipinski definition) is 5. The van der Waals surface area contributed by atoms with E-state index < -0.39 is 5.92 Å². The van der Waals surface area contributed by atoms with Gasteiger partial charge in [0.15, 0.2) is 0 Å². The lowest BCUT2D eigenvalue weighted by Crippen LogP contribution is -2.47. The van der Waals surface area contributed by atoms with Crippen molar-refractivity contribution >= 4 is 17.5 Å². The number of carbonyl (C=O) groups excluding carboxylic acids is 2. The smallest absolute Gasteiger partial charge is 0.228 e. The first-order valence-corrected chi connectivity index (χ1v) is 10.2. The van der Waals surface area contributed by atoms with Gasteiger partial charge in [-0.15, -0.1) is 0 Å². The molecule has 0 saturated carbocycles. The molecule has 4 rings (SSSR count). The van der Waals surface area contributed by atoms with Crippen molar-refractivity contribution in [1.82, 2.24) is 14.9 Å². The fourth-order valence-corrected chi connectivity index (χ4v) is 4.15. The number of benzene rings is 1. The summed E-state index contributed by atoms with van der Waals surface area (Å²) < 4.78 is 19.2. The van der Waals surface area contributed by atoms with Gasteiger partial charge in [-0.25, -0.2) is 9.37 Å². The second kappa shape index (κ2) is 8.38. The Morgan fingerprint density at radius 1 is 1.17 bits per heavy atom. The highest BCUT2D eigenvalue weighted by Crippen LogP contribution is 2.28. The lowest BCUT2D eigenvalue weighted by atomic mass is 10.0. The molecular weight excluding hydrogens is 387 g/mol. The molecule has 0 N–H and O–H groups in total. The summed E-state index contributed by atoms with van der Waals surface area (Å²) >= 11 is 0. The topological polar surface area (TPSA) is 75.6 Å². The highest BCUT2D eigenvalue weighted by Gasteiger charge is 2.38. The summed E-state index contributed by atoms with van der Waals surface area (Å²) in [5.74, 6) is 0.279. The number of aromatic nitrogens is 2. The first-order valence-electron chi connectivity index (χ1n) is 10.2. The number of ether oxygens (including phenoxy) is 1. The zero-order valence-corrected chi connectivity index (χ0v) is 17.2. The minimum Gasteiger partial charge on any atom is -0.472 e. The molecule has 0 spiro atoms. The molecular formula is C22H25FN4O3. The van der Waals surface area contributed by atoms with Gasteiger partial charge in [-0.2, -0.15) is 4.98 Å². The van der Waals surface area contributed by atoms with E-state index in [1.54, 1.807) is 28.0 Å². The minimum atomic E-state index is -0.398. The third-order valence-electron chi connectivity index (χ3n) is 5.53.